The molecule has 2 aliphatic rings. The van der Waals surface area contributed by atoms with Crippen molar-refractivity contribution in [2.45, 2.75) is 45.4 Å². The van der Waals surface area contributed by atoms with Crippen LogP contribution in [0.4, 0.5) is 0 Å². The Kier molecular flexibility index (Phi) is 4.10. The molecule has 1 aromatic carbocycles. The maximum absolute atomic E-state index is 10.5. The van der Waals surface area contributed by atoms with Crippen LogP contribution < -0.4 is 4.74 Å². The molecule has 2 nitrogen and oxygen atoms in total. The van der Waals surface area contributed by atoms with E-state index in [0.29, 0.717) is 5.75 Å². The molecule has 22 heavy (non-hydrogen) atoms. The van der Waals surface area contributed by atoms with Crippen LogP contribution >= 0.6 is 0 Å². The molecule has 3 rings (SSSR count). The quantitative estimate of drug-likeness (QED) is 0.772. The predicted octanol–water partition coefficient (Wildman–Crippen LogP) is 5.25. The zero-order valence-electron chi connectivity index (χ0n) is 13.4. The Morgan fingerprint density at radius 3 is 2.95 bits per heavy atom. The van der Waals surface area contributed by atoms with Gasteiger partial charge in [0.1, 0.15) is 17.3 Å². The number of fused-ring (bicyclic) bond motifs is 3. The molecule has 116 valence electrons. The SMILES string of the molecule is C=C1Oc2cc(C/C=C/CC)cc(O)c2C2C=C(C)CC[C@@H]12. The number of hydrogen-bond donors (Lipinski definition) is 1. The zero-order valence-corrected chi connectivity index (χ0v) is 13.4. The zero-order chi connectivity index (χ0) is 15.7. The van der Waals surface area contributed by atoms with Gasteiger partial charge in [0.15, 0.2) is 0 Å². The van der Waals surface area contributed by atoms with E-state index < -0.39 is 0 Å². The van der Waals surface area contributed by atoms with Gasteiger partial charge in [0.2, 0.25) is 0 Å². The first-order chi connectivity index (χ1) is 10.6. The highest BCUT2D eigenvalue weighted by Gasteiger charge is 2.36. The van der Waals surface area contributed by atoms with Crippen molar-refractivity contribution >= 4 is 0 Å². The number of phenols is 1. The summed E-state index contributed by atoms with van der Waals surface area (Å²) in [5.74, 6) is 2.45. The van der Waals surface area contributed by atoms with Gasteiger partial charge in [0.05, 0.1) is 0 Å². The highest BCUT2D eigenvalue weighted by atomic mass is 16.5. The summed E-state index contributed by atoms with van der Waals surface area (Å²) in [4.78, 5) is 0. The number of phenolic OH excluding ortho intramolecular Hbond substituents is 1. The first-order valence-electron chi connectivity index (χ1n) is 8.15. The van der Waals surface area contributed by atoms with Crippen molar-refractivity contribution in [2.24, 2.45) is 5.92 Å². The van der Waals surface area contributed by atoms with Gasteiger partial charge in [-0.25, -0.2) is 0 Å². The fourth-order valence-electron chi connectivity index (χ4n) is 3.52. The number of aromatic hydroxyl groups is 1. The van der Waals surface area contributed by atoms with Crippen LogP contribution in [0.1, 0.15) is 50.2 Å². The van der Waals surface area contributed by atoms with E-state index >= 15 is 0 Å². The number of benzene rings is 1. The topological polar surface area (TPSA) is 29.5 Å². The third-order valence-electron chi connectivity index (χ3n) is 4.67. The van der Waals surface area contributed by atoms with Crippen LogP contribution in [-0.2, 0) is 6.42 Å². The van der Waals surface area contributed by atoms with Crippen molar-refractivity contribution < 1.29 is 9.84 Å². The second-order valence-electron chi connectivity index (χ2n) is 6.36. The van der Waals surface area contributed by atoms with Gasteiger partial charge < -0.3 is 9.84 Å². The Labute approximate surface area is 132 Å². The number of hydrogen-bond acceptors (Lipinski definition) is 2. The molecule has 0 radical (unpaired) electrons. The van der Waals surface area contributed by atoms with Gasteiger partial charge in [-0.05, 0) is 50.3 Å². The molecule has 1 aromatic rings. The molecule has 2 atom stereocenters. The second kappa shape index (κ2) is 6.04. The van der Waals surface area contributed by atoms with Gasteiger partial charge in [-0.3, -0.25) is 0 Å². The molecule has 1 unspecified atom stereocenters. The van der Waals surface area contributed by atoms with Crippen LogP contribution in [0, 0.1) is 5.92 Å². The fourth-order valence-corrected chi connectivity index (χ4v) is 3.52. The van der Waals surface area contributed by atoms with Crippen molar-refractivity contribution in [1.29, 1.82) is 0 Å². The van der Waals surface area contributed by atoms with Crippen LogP contribution in [0.5, 0.6) is 11.5 Å². The van der Waals surface area contributed by atoms with Gasteiger partial charge in [-0.2, -0.15) is 0 Å². The Morgan fingerprint density at radius 2 is 2.18 bits per heavy atom. The van der Waals surface area contributed by atoms with Gasteiger partial charge >= 0.3 is 0 Å². The van der Waals surface area contributed by atoms with Gasteiger partial charge in [0.25, 0.3) is 0 Å². The molecular formula is C20H24O2. The third kappa shape index (κ3) is 2.70. The first-order valence-corrected chi connectivity index (χ1v) is 8.15. The Balaban J connectivity index is 2.01. The van der Waals surface area contributed by atoms with E-state index in [1.54, 1.807) is 0 Å². The van der Waals surface area contributed by atoms with Crippen LogP contribution in [0.15, 0.2) is 48.3 Å². The summed E-state index contributed by atoms with van der Waals surface area (Å²) >= 11 is 0. The highest BCUT2D eigenvalue weighted by Crippen LogP contribution is 2.51. The molecule has 0 aromatic heterocycles. The molecule has 2 heteroatoms. The molecule has 0 amide bonds. The lowest BCUT2D eigenvalue weighted by atomic mass is 9.74. The predicted molar refractivity (Wildman–Crippen MR) is 90.2 cm³/mol. The largest absolute Gasteiger partial charge is 0.507 e. The monoisotopic (exact) mass is 296 g/mol. The van der Waals surface area contributed by atoms with Gasteiger partial charge in [0, 0.05) is 17.4 Å². The maximum atomic E-state index is 10.5. The normalized spacial score (nSPS) is 23.7. The summed E-state index contributed by atoms with van der Waals surface area (Å²) in [7, 11) is 0. The van der Waals surface area contributed by atoms with E-state index in [2.05, 4.69) is 38.7 Å². The average Bonchev–Trinajstić information content (AvgIpc) is 2.46. The summed E-state index contributed by atoms with van der Waals surface area (Å²) in [6, 6.07) is 3.93. The lowest BCUT2D eigenvalue weighted by molar-refractivity contribution is 0.275. The molecule has 0 bridgehead atoms. The second-order valence-corrected chi connectivity index (χ2v) is 6.36. The molecule has 0 saturated carbocycles. The summed E-state index contributed by atoms with van der Waals surface area (Å²) < 4.78 is 5.96. The summed E-state index contributed by atoms with van der Waals surface area (Å²) in [5, 5.41) is 10.5. The lowest BCUT2D eigenvalue weighted by Gasteiger charge is -2.37. The Bertz CT molecular complexity index is 652. The molecule has 1 aliphatic heterocycles. The van der Waals surface area contributed by atoms with Gasteiger partial charge in [-0.15, -0.1) is 0 Å². The fraction of sp³-hybridized carbons (Fsp3) is 0.400. The first kappa shape index (κ1) is 15.0. The van der Waals surface area contributed by atoms with E-state index in [1.807, 2.05) is 12.1 Å². The van der Waals surface area contributed by atoms with E-state index in [0.717, 1.165) is 48.3 Å². The van der Waals surface area contributed by atoms with Crippen LogP contribution in [0.25, 0.3) is 0 Å². The molecule has 1 N–H and O–H groups in total. The molecule has 0 spiro atoms. The maximum Gasteiger partial charge on any atom is 0.134 e. The van der Waals surface area contributed by atoms with Crippen molar-refractivity contribution in [1.82, 2.24) is 0 Å². The average molecular weight is 296 g/mol. The summed E-state index contributed by atoms with van der Waals surface area (Å²) in [5.41, 5.74) is 3.39. The third-order valence-corrected chi connectivity index (χ3v) is 4.67. The minimum absolute atomic E-state index is 0.199. The standard InChI is InChI=1S/C20H24O2/c1-4-5-6-7-15-11-18(21)20-17-10-13(2)8-9-16(17)14(3)22-19(20)12-15/h5-6,10-12,16-17,21H,3-4,7-9H2,1-2H3/b6-5+/t16-,17?/m0/s1. The molecule has 1 aliphatic carbocycles. The Hall–Kier alpha value is -1.96. The molecule has 0 saturated heterocycles. The minimum Gasteiger partial charge on any atom is -0.507 e. The Morgan fingerprint density at radius 1 is 1.36 bits per heavy atom. The van der Waals surface area contributed by atoms with Crippen LogP contribution in [0.3, 0.4) is 0 Å². The van der Waals surface area contributed by atoms with Crippen molar-refractivity contribution in [3.8, 4) is 11.5 Å². The smallest absolute Gasteiger partial charge is 0.134 e. The van der Waals surface area contributed by atoms with E-state index in [1.165, 1.54) is 5.57 Å². The van der Waals surface area contributed by atoms with E-state index in [4.69, 9.17) is 4.74 Å². The number of ether oxygens (including phenoxy) is 1. The van der Waals surface area contributed by atoms with Crippen molar-refractivity contribution in [3.63, 3.8) is 0 Å². The minimum atomic E-state index is 0.199. The molecule has 1 heterocycles. The lowest BCUT2D eigenvalue weighted by Crippen LogP contribution is -2.25. The summed E-state index contributed by atoms with van der Waals surface area (Å²) in [6.07, 6.45) is 10.5. The highest BCUT2D eigenvalue weighted by molar-refractivity contribution is 5.55. The van der Waals surface area contributed by atoms with Gasteiger partial charge in [-0.1, -0.05) is 37.3 Å². The van der Waals surface area contributed by atoms with Crippen molar-refractivity contribution in [3.05, 3.63) is 59.4 Å². The van der Waals surface area contributed by atoms with E-state index in [-0.39, 0.29) is 11.8 Å². The van der Waals surface area contributed by atoms with E-state index in [9.17, 15) is 5.11 Å². The van der Waals surface area contributed by atoms with Crippen LogP contribution in [-0.4, -0.2) is 5.11 Å². The number of rotatable bonds is 3. The number of allylic oxidation sites excluding steroid dienone is 5. The van der Waals surface area contributed by atoms with Crippen LogP contribution in [0.2, 0.25) is 0 Å². The van der Waals surface area contributed by atoms with Crippen molar-refractivity contribution in [2.75, 3.05) is 0 Å². The summed E-state index contributed by atoms with van der Waals surface area (Å²) in [6.45, 7) is 8.39. The molecule has 0 fully saturated rings. The molecular weight excluding hydrogens is 272 g/mol.